The number of hydrogen-bond acceptors (Lipinski definition) is 3. The molecular weight excluding hydrogens is 370 g/mol. The van der Waals surface area contributed by atoms with Crippen LogP contribution in [0.25, 0.3) is 0 Å². The lowest BCUT2D eigenvalue weighted by Crippen LogP contribution is -2.35. The molecule has 0 aromatic heterocycles. The highest BCUT2D eigenvalue weighted by Crippen LogP contribution is 2.30. The Kier molecular flexibility index (Phi) is 7.17. The number of piperidine rings is 1. The number of nitrogens with zero attached hydrogens (tertiary/aromatic N) is 1. The molecule has 3 nitrogen and oxygen atoms in total. The van der Waals surface area contributed by atoms with Crippen LogP contribution in [-0.2, 0) is 4.74 Å². The quantitative estimate of drug-likeness (QED) is 0.485. The maximum absolute atomic E-state index is 6.40. The van der Waals surface area contributed by atoms with Crippen molar-refractivity contribution in [2.24, 2.45) is 0 Å². The first-order chi connectivity index (χ1) is 14.8. The predicted octanol–water partition coefficient (Wildman–Crippen LogP) is 5.68. The highest BCUT2D eigenvalue weighted by Gasteiger charge is 2.21. The molecule has 0 amide bonds. The highest BCUT2D eigenvalue weighted by molar-refractivity contribution is 5.31. The Labute approximate surface area is 180 Å². The van der Waals surface area contributed by atoms with Crippen LogP contribution in [0.1, 0.15) is 41.6 Å². The van der Waals surface area contributed by atoms with E-state index in [9.17, 15) is 0 Å². The van der Waals surface area contributed by atoms with Crippen molar-refractivity contribution in [3.63, 3.8) is 0 Å². The van der Waals surface area contributed by atoms with Crippen LogP contribution in [0.4, 0.5) is 0 Å². The molecule has 0 aliphatic carbocycles. The zero-order valence-electron chi connectivity index (χ0n) is 17.7. The molecule has 1 saturated heterocycles. The van der Waals surface area contributed by atoms with Crippen LogP contribution in [0.5, 0.6) is 5.75 Å². The summed E-state index contributed by atoms with van der Waals surface area (Å²) in [5.41, 5.74) is 3.82. The third-order valence-corrected chi connectivity index (χ3v) is 6.05. The number of benzene rings is 3. The van der Waals surface area contributed by atoms with E-state index in [0.29, 0.717) is 5.92 Å². The summed E-state index contributed by atoms with van der Waals surface area (Å²) in [6.45, 7) is 3.94. The first-order valence-corrected chi connectivity index (χ1v) is 10.9. The van der Waals surface area contributed by atoms with E-state index in [0.717, 1.165) is 32.0 Å². The van der Waals surface area contributed by atoms with Crippen molar-refractivity contribution in [2.75, 3.05) is 33.4 Å². The van der Waals surface area contributed by atoms with Crippen LogP contribution in [0.15, 0.2) is 84.9 Å². The molecule has 0 saturated carbocycles. The molecule has 4 rings (SSSR count). The number of methoxy groups -OCH3 is 1. The first kappa shape index (κ1) is 20.6. The lowest BCUT2D eigenvalue weighted by Gasteiger charge is -2.32. The van der Waals surface area contributed by atoms with Crippen molar-refractivity contribution in [3.8, 4) is 5.75 Å². The Morgan fingerprint density at radius 2 is 1.47 bits per heavy atom. The minimum absolute atomic E-state index is 0.0123. The van der Waals surface area contributed by atoms with E-state index < -0.39 is 0 Å². The van der Waals surface area contributed by atoms with E-state index in [-0.39, 0.29) is 6.10 Å². The molecule has 30 heavy (non-hydrogen) atoms. The van der Waals surface area contributed by atoms with Gasteiger partial charge in [-0.05, 0) is 60.7 Å². The van der Waals surface area contributed by atoms with Crippen LogP contribution in [-0.4, -0.2) is 38.3 Å². The van der Waals surface area contributed by atoms with Crippen molar-refractivity contribution in [1.82, 2.24) is 4.90 Å². The van der Waals surface area contributed by atoms with Crippen LogP contribution in [0, 0.1) is 0 Å². The smallest absolute Gasteiger partial charge is 0.119 e. The second-order valence-corrected chi connectivity index (χ2v) is 7.96. The minimum atomic E-state index is -0.0123. The SMILES string of the molecule is COc1cccc(C2CCN(CCOC(c3ccccc3)c3ccccc3)CC2)c1. The van der Waals surface area contributed by atoms with E-state index in [1.807, 2.05) is 6.07 Å². The lowest BCUT2D eigenvalue weighted by molar-refractivity contribution is 0.0543. The molecule has 0 N–H and O–H groups in total. The van der Waals surface area contributed by atoms with Gasteiger partial charge in [0.05, 0.1) is 13.7 Å². The van der Waals surface area contributed by atoms with Gasteiger partial charge in [0.1, 0.15) is 11.9 Å². The lowest BCUT2D eigenvalue weighted by atomic mass is 9.89. The van der Waals surface area contributed by atoms with E-state index in [1.54, 1.807) is 7.11 Å². The Morgan fingerprint density at radius 3 is 2.07 bits per heavy atom. The zero-order valence-corrected chi connectivity index (χ0v) is 17.7. The van der Waals surface area contributed by atoms with Gasteiger partial charge >= 0.3 is 0 Å². The van der Waals surface area contributed by atoms with Crippen LogP contribution in [0.2, 0.25) is 0 Å². The topological polar surface area (TPSA) is 21.7 Å². The number of likely N-dealkylation sites (tertiary alicyclic amines) is 1. The molecular formula is C27H31NO2. The third kappa shape index (κ3) is 5.29. The van der Waals surface area contributed by atoms with Crippen molar-refractivity contribution < 1.29 is 9.47 Å². The fourth-order valence-electron chi connectivity index (χ4n) is 4.33. The summed E-state index contributed by atoms with van der Waals surface area (Å²) in [5.74, 6) is 1.58. The Bertz CT molecular complexity index is 850. The minimum Gasteiger partial charge on any atom is -0.497 e. The van der Waals surface area contributed by atoms with E-state index >= 15 is 0 Å². The largest absolute Gasteiger partial charge is 0.497 e. The van der Waals surface area contributed by atoms with Crippen LogP contribution < -0.4 is 4.74 Å². The monoisotopic (exact) mass is 401 g/mol. The molecule has 1 aliphatic rings. The summed E-state index contributed by atoms with van der Waals surface area (Å²) in [7, 11) is 1.74. The molecule has 3 aromatic rings. The molecule has 156 valence electrons. The van der Waals surface area contributed by atoms with Gasteiger partial charge in [0.2, 0.25) is 0 Å². The van der Waals surface area contributed by atoms with E-state index in [2.05, 4.69) is 83.8 Å². The molecule has 3 heteroatoms. The van der Waals surface area contributed by atoms with Gasteiger partial charge in [-0.25, -0.2) is 0 Å². The van der Waals surface area contributed by atoms with Gasteiger partial charge in [-0.15, -0.1) is 0 Å². The van der Waals surface area contributed by atoms with Gasteiger partial charge in [-0.3, -0.25) is 0 Å². The number of ether oxygens (including phenoxy) is 2. The Balaban J connectivity index is 1.30. The summed E-state index contributed by atoms with van der Waals surface area (Å²) in [4.78, 5) is 2.53. The second-order valence-electron chi connectivity index (χ2n) is 7.96. The number of rotatable bonds is 8. The molecule has 0 spiro atoms. The summed E-state index contributed by atoms with van der Waals surface area (Å²) >= 11 is 0. The second kappa shape index (κ2) is 10.4. The summed E-state index contributed by atoms with van der Waals surface area (Å²) < 4.78 is 11.8. The van der Waals surface area contributed by atoms with Gasteiger partial charge in [0, 0.05) is 6.54 Å². The first-order valence-electron chi connectivity index (χ1n) is 10.9. The molecule has 1 aliphatic heterocycles. The molecule has 0 atom stereocenters. The Hall–Kier alpha value is -2.62. The normalized spacial score (nSPS) is 15.4. The molecule has 0 bridgehead atoms. The van der Waals surface area contributed by atoms with Gasteiger partial charge < -0.3 is 14.4 Å². The third-order valence-electron chi connectivity index (χ3n) is 6.05. The average molecular weight is 402 g/mol. The molecule has 0 unspecified atom stereocenters. The summed E-state index contributed by atoms with van der Waals surface area (Å²) in [6.07, 6.45) is 2.36. The fraction of sp³-hybridized carbons (Fsp3) is 0.333. The standard InChI is InChI=1S/C27H31NO2/c1-29-26-14-8-13-25(21-26)22-15-17-28(18-16-22)19-20-30-27(23-9-4-2-5-10-23)24-11-6-3-7-12-24/h2-14,21-22,27H,15-20H2,1H3. The maximum atomic E-state index is 6.40. The average Bonchev–Trinajstić information content (AvgIpc) is 2.83. The van der Waals surface area contributed by atoms with Gasteiger partial charge in [-0.1, -0.05) is 72.8 Å². The van der Waals surface area contributed by atoms with Gasteiger partial charge in [-0.2, -0.15) is 0 Å². The van der Waals surface area contributed by atoms with E-state index in [1.165, 1.54) is 29.5 Å². The van der Waals surface area contributed by atoms with Crippen molar-refractivity contribution in [2.45, 2.75) is 24.9 Å². The fourth-order valence-corrected chi connectivity index (χ4v) is 4.33. The summed E-state index contributed by atoms with van der Waals surface area (Å²) in [5, 5.41) is 0. The van der Waals surface area contributed by atoms with Crippen LogP contribution in [0.3, 0.4) is 0 Å². The van der Waals surface area contributed by atoms with Crippen LogP contribution >= 0.6 is 0 Å². The molecule has 1 fully saturated rings. The van der Waals surface area contributed by atoms with Gasteiger partial charge in [0.15, 0.2) is 0 Å². The number of hydrogen-bond donors (Lipinski definition) is 0. The van der Waals surface area contributed by atoms with E-state index in [4.69, 9.17) is 9.47 Å². The van der Waals surface area contributed by atoms with Crippen molar-refractivity contribution in [3.05, 3.63) is 102 Å². The zero-order chi connectivity index (χ0) is 20.6. The Morgan fingerprint density at radius 1 is 0.833 bits per heavy atom. The molecule has 1 heterocycles. The van der Waals surface area contributed by atoms with Crippen molar-refractivity contribution >= 4 is 0 Å². The molecule has 3 aromatic carbocycles. The highest BCUT2D eigenvalue weighted by atomic mass is 16.5. The summed E-state index contributed by atoms with van der Waals surface area (Å²) in [6, 6.07) is 29.6. The predicted molar refractivity (Wildman–Crippen MR) is 122 cm³/mol. The van der Waals surface area contributed by atoms with Crippen molar-refractivity contribution in [1.29, 1.82) is 0 Å². The van der Waals surface area contributed by atoms with Gasteiger partial charge in [0.25, 0.3) is 0 Å². The maximum Gasteiger partial charge on any atom is 0.119 e. The molecule has 0 radical (unpaired) electrons.